The Morgan fingerprint density at radius 2 is 1.55 bits per heavy atom. The summed E-state index contributed by atoms with van der Waals surface area (Å²) in [4.78, 5) is 0. The zero-order valence-corrected chi connectivity index (χ0v) is 9.61. The van der Waals surface area contributed by atoms with E-state index in [-0.39, 0.29) is 0 Å². The predicted octanol–water partition coefficient (Wildman–Crippen LogP) is 3.34. The molecule has 0 heterocycles. The quantitative estimate of drug-likeness (QED) is 0.687. The van der Waals surface area contributed by atoms with Crippen molar-refractivity contribution in [2.45, 2.75) is 26.7 Å². The smallest absolute Gasteiger partial charge is 0.252 e. The highest BCUT2D eigenvalue weighted by molar-refractivity contribution is 8.90. The zero-order chi connectivity index (χ0) is 8.74. The van der Waals surface area contributed by atoms with E-state index in [0.29, 0.717) is 0 Å². The Bertz CT molecular complexity index is 131. The highest BCUT2D eigenvalue weighted by atomic mass is 33.1. The second kappa shape index (κ2) is 6.41. The first-order chi connectivity index (χ1) is 5.12. The SMILES string of the molecule is CCCSP(N)(=O)SCCC. The van der Waals surface area contributed by atoms with Gasteiger partial charge in [-0.2, -0.15) is 0 Å². The molecular formula is C6H16NOPS2. The normalized spacial score (nSPS) is 11.9. The highest BCUT2D eigenvalue weighted by Crippen LogP contribution is 2.62. The molecule has 0 bridgehead atoms. The molecule has 0 fully saturated rings. The van der Waals surface area contributed by atoms with Crippen LogP contribution in [0.3, 0.4) is 0 Å². The molecule has 68 valence electrons. The monoisotopic (exact) mass is 213 g/mol. The van der Waals surface area contributed by atoms with E-state index in [1.165, 1.54) is 22.8 Å². The Balaban J connectivity index is 3.53. The van der Waals surface area contributed by atoms with Crippen LogP contribution >= 0.6 is 28.5 Å². The third-order valence-electron chi connectivity index (χ3n) is 0.951. The summed E-state index contributed by atoms with van der Waals surface area (Å²) in [6.45, 7) is 4.13. The van der Waals surface area contributed by atoms with E-state index in [0.717, 1.165) is 24.3 Å². The third kappa shape index (κ3) is 7.26. The summed E-state index contributed by atoms with van der Waals surface area (Å²) in [6.07, 6.45) is 2.08. The van der Waals surface area contributed by atoms with Crippen LogP contribution in [0.25, 0.3) is 0 Å². The van der Waals surface area contributed by atoms with E-state index in [2.05, 4.69) is 13.8 Å². The number of hydrogen-bond donors (Lipinski definition) is 1. The Kier molecular flexibility index (Phi) is 6.93. The first-order valence-electron chi connectivity index (χ1n) is 3.80. The summed E-state index contributed by atoms with van der Waals surface area (Å²) < 4.78 is 11.4. The van der Waals surface area contributed by atoms with Crippen molar-refractivity contribution in [3.05, 3.63) is 0 Å². The minimum absolute atomic E-state index is 0.907. The van der Waals surface area contributed by atoms with Crippen LogP contribution in [0.1, 0.15) is 26.7 Å². The molecule has 0 aliphatic carbocycles. The van der Waals surface area contributed by atoms with Gasteiger partial charge in [-0.25, -0.2) is 0 Å². The molecule has 5 heteroatoms. The lowest BCUT2D eigenvalue weighted by Gasteiger charge is -2.09. The van der Waals surface area contributed by atoms with Crippen LogP contribution < -0.4 is 5.50 Å². The average Bonchev–Trinajstić information content (AvgIpc) is 1.97. The maximum atomic E-state index is 11.4. The standard InChI is InChI=1S/C6H16NOPS2/c1-3-5-10-9(7,8)11-6-4-2/h3-6H2,1-2H3,(H2,7,8). The molecule has 0 atom stereocenters. The van der Waals surface area contributed by atoms with Gasteiger partial charge in [0.1, 0.15) is 0 Å². The molecular weight excluding hydrogens is 197 g/mol. The maximum absolute atomic E-state index is 11.4. The van der Waals surface area contributed by atoms with Crippen molar-refractivity contribution in [1.29, 1.82) is 0 Å². The van der Waals surface area contributed by atoms with Crippen LogP contribution in [-0.4, -0.2) is 11.5 Å². The minimum Gasteiger partial charge on any atom is -0.283 e. The second-order valence-electron chi connectivity index (χ2n) is 2.21. The van der Waals surface area contributed by atoms with Crippen molar-refractivity contribution in [1.82, 2.24) is 0 Å². The number of rotatable bonds is 6. The lowest BCUT2D eigenvalue weighted by atomic mass is 10.6. The molecule has 11 heavy (non-hydrogen) atoms. The fourth-order valence-corrected chi connectivity index (χ4v) is 6.28. The van der Waals surface area contributed by atoms with Gasteiger partial charge in [-0.05, 0) is 12.8 Å². The van der Waals surface area contributed by atoms with Crippen molar-refractivity contribution in [3.63, 3.8) is 0 Å². The molecule has 0 amide bonds. The van der Waals surface area contributed by atoms with Gasteiger partial charge in [0.2, 0.25) is 0 Å². The number of hydrogen-bond acceptors (Lipinski definition) is 3. The molecule has 2 nitrogen and oxygen atoms in total. The molecule has 0 aromatic rings. The van der Waals surface area contributed by atoms with E-state index in [1.807, 2.05) is 0 Å². The van der Waals surface area contributed by atoms with Gasteiger partial charge in [0.25, 0.3) is 5.70 Å². The fraction of sp³-hybridized carbons (Fsp3) is 1.00. The third-order valence-corrected chi connectivity index (χ3v) is 8.00. The second-order valence-corrected chi connectivity index (χ2v) is 10.1. The molecule has 0 rings (SSSR count). The van der Waals surface area contributed by atoms with E-state index < -0.39 is 5.70 Å². The Morgan fingerprint density at radius 3 is 1.82 bits per heavy atom. The molecule has 0 aliphatic heterocycles. The van der Waals surface area contributed by atoms with Gasteiger partial charge in [-0.3, -0.25) is 10.1 Å². The molecule has 2 N–H and O–H groups in total. The van der Waals surface area contributed by atoms with E-state index >= 15 is 0 Å². The minimum atomic E-state index is -2.39. The van der Waals surface area contributed by atoms with Crippen molar-refractivity contribution in [2.75, 3.05) is 11.5 Å². The average molecular weight is 213 g/mol. The molecule has 0 unspecified atom stereocenters. The van der Waals surface area contributed by atoms with Crippen molar-refractivity contribution in [3.8, 4) is 0 Å². The van der Waals surface area contributed by atoms with Gasteiger partial charge < -0.3 is 0 Å². The van der Waals surface area contributed by atoms with Gasteiger partial charge in [-0.1, -0.05) is 36.6 Å². The molecule has 0 aromatic carbocycles. The van der Waals surface area contributed by atoms with Gasteiger partial charge in [0, 0.05) is 11.5 Å². The zero-order valence-electron chi connectivity index (χ0n) is 7.08. The van der Waals surface area contributed by atoms with Crippen LogP contribution in [-0.2, 0) is 4.57 Å². The molecule has 0 saturated carbocycles. The Morgan fingerprint density at radius 1 is 1.18 bits per heavy atom. The summed E-state index contributed by atoms with van der Waals surface area (Å²) in [7, 11) is 0. The largest absolute Gasteiger partial charge is 0.283 e. The van der Waals surface area contributed by atoms with E-state index in [4.69, 9.17) is 5.50 Å². The summed E-state index contributed by atoms with van der Waals surface area (Å²) in [5.41, 5.74) is 3.18. The van der Waals surface area contributed by atoms with Gasteiger partial charge in [0.05, 0.1) is 0 Å². The Labute approximate surface area is 77.0 Å². The van der Waals surface area contributed by atoms with Gasteiger partial charge in [-0.15, -0.1) is 0 Å². The van der Waals surface area contributed by atoms with E-state index in [9.17, 15) is 4.57 Å². The van der Waals surface area contributed by atoms with Crippen LogP contribution in [0.15, 0.2) is 0 Å². The molecule has 0 spiro atoms. The molecule has 0 aromatic heterocycles. The summed E-state index contributed by atoms with van der Waals surface area (Å²) >= 11 is 2.83. The van der Waals surface area contributed by atoms with Crippen molar-refractivity contribution >= 4 is 28.5 Å². The number of nitrogens with two attached hydrogens (primary N) is 1. The predicted molar refractivity (Wildman–Crippen MR) is 57.3 cm³/mol. The van der Waals surface area contributed by atoms with Crippen LogP contribution in [0, 0.1) is 0 Å². The highest BCUT2D eigenvalue weighted by Gasteiger charge is 2.15. The molecule has 0 radical (unpaired) electrons. The lowest BCUT2D eigenvalue weighted by Crippen LogP contribution is -1.88. The topological polar surface area (TPSA) is 43.1 Å². The van der Waals surface area contributed by atoms with E-state index in [1.54, 1.807) is 0 Å². The lowest BCUT2D eigenvalue weighted by molar-refractivity contribution is 0.594. The van der Waals surface area contributed by atoms with Crippen LogP contribution in [0.5, 0.6) is 0 Å². The van der Waals surface area contributed by atoms with Crippen LogP contribution in [0.4, 0.5) is 0 Å². The summed E-state index contributed by atoms with van der Waals surface area (Å²) in [5, 5.41) is 0. The first kappa shape index (κ1) is 11.9. The fourth-order valence-electron chi connectivity index (χ4n) is 0.474. The first-order valence-corrected chi connectivity index (χ1v) is 8.75. The maximum Gasteiger partial charge on any atom is 0.252 e. The van der Waals surface area contributed by atoms with Gasteiger partial charge >= 0.3 is 0 Å². The molecule has 0 saturated heterocycles. The van der Waals surface area contributed by atoms with Gasteiger partial charge in [0.15, 0.2) is 0 Å². The van der Waals surface area contributed by atoms with Crippen LogP contribution in [0.2, 0.25) is 0 Å². The summed E-state index contributed by atoms with van der Waals surface area (Å²) in [6, 6.07) is 0. The Hall–Kier alpha value is 0.890. The van der Waals surface area contributed by atoms with Crippen molar-refractivity contribution < 1.29 is 4.57 Å². The summed E-state index contributed by atoms with van der Waals surface area (Å²) in [5.74, 6) is 1.81. The van der Waals surface area contributed by atoms with Crippen molar-refractivity contribution in [2.24, 2.45) is 5.50 Å². The molecule has 0 aliphatic rings.